The fraction of sp³-hybridized carbons (Fsp3) is 0.250. The van der Waals surface area contributed by atoms with E-state index in [9.17, 15) is 0 Å². The molecule has 0 saturated heterocycles. The van der Waals surface area contributed by atoms with Crippen molar-refractivity contribution in [2.45, 2.75) is 6.61 Å². The number of ether oxygens (including phenoxy) is 4. The van der Waals surface area contributed by atoms with Gasteiger partial charge in [-0.3, -0.25) is 0 Å². The third kappa shape index (κ3) is 3.61. The summed E-state index contributed by atoms with van der Waals surface area (Å²) in [5.41, 5.74) is 1.01. The molecule has 0 unspecified atom stereocenters. The first-order valence-corrected chi connectivity index (χ1v) is 7.15. The number of rotatable bonds is 6. The Kier molecular flexibility index (Phi) is 5.33. The van der Waals surface area contributed by atoms with Gasteiger partial charge in [0.05, 0.1) is 25.8 Å². The maximum Gasteiger partial charge on any atom is 0.203 e. The molecule has 0 heterocycles. The van der Waals surface area contributed by atoms with E-state index in [0.717, 1.165) is 15.8 Å². The Labute approximate surface area is 132 Å². The van der Waals surface area contributed by atoms with Crippen LogP contribution in [0.15, 0.2) is 40.9 Å². The van der Waals surface area contributed by atoms with Gasteiger partial charge in [-0.15, -0.1) is 0 Å². The Hall–Kier alpha value is -1.88. The van der Waals surface area contributed by atoms with E-state index < -0.39 is 0 Å². The molecule has 0 radical (unpaired) electrons. The second-order valence-corrected chi connectivity index (χ2v) is 5.10. The topological polar surface area (TPSA) is 36.9 Å². The molecular formula is C16H17BrO4. The molecule has 112 valence electrons. The van der Waals surface area contributed by atoms with E-state index in [2.05, 4.69) is 15.9 Å². The first-order chi connectivity index (χ1) is 10.2. The van der Waals surface area contributed by atoms with Crippen LogP contribution in [-0.2, 0) is 6.61 Å². The second kappa shape index (κ2) is 7.22. The molecule has 0 spiro atoms. The number of hydrogen-bond donors (Lipinski definition) is 0. The monoisotopic (exact) mass is 352 g/mol. The van der Waals surface area contributed by atoms with Gasteiger partial charge in [0, 0.05) is 0 Å². The van der Waals surface area contributed by atoms with Crippen molar-refractivity contribution in [1.82, 2.24) is 0 Å². The van der Waals surface area contributed by atoms with Crippen molar-refractivity contribution in [3.8, 4) is 23.0 Å². The van der Waals surface area contributed by atoms with E-state index in [-0.39, 0.29) is 0 Å². The second-order valence-electron chi connectivity index (χ2n) is 4.25. The number of para-hydroxylation sites is 1. The molecule has 21 heavy (non-hydrogen) atoms. The summed E-state index contributed by atoms with van der Waals surface area (Å²) in [4.78, 5) is 0. The van der Waals surface area contributed by atoms with Crippen LogP contribution in [0.3, 0.4) is 0 Å². The minimum Gasteiger partial charge on any atom is -0.496 e. The molecule has 0 aliphatic rings. The SMILES string of the molecule is COc1ccc(COc2c(OC)cccc2OC)cc1Br. The normalized spacial score (nSPS) is 10.1. The van der Waals surface area contributed by atoms with Gasteiger partial charge in [0.2, 0.25) is 5.75 Å². The Morgan fingerprint density at radius 3 is 2.00 bits per heavy atom. The maximum absolute atomic E-state index is 5.85. The van der Waals surface area contributed by atoms with Crippen LogP contribution in [0.1, 0.15) is 5.56 Å². The van der Waals surface area contributed by atoms with E-state index in [1.807, 2.05) is 36.4 Å². The lowest BCUT2D eigenvalue weighted by Gasteiger charge is -2.14. The summed E-state index contributed by atoms with van der Waals surface area (Å²) in [6.45, 7) is 0.402. The fourth-order valence-corrected chi connectivity index (χ4v) is 2.50. The Morgan fingerprint density at radius 2 is 1.48 bits per heavy atom. The molecule has 0 N–H and O–H groups in total. The van der Waals surface area contributed by atoms with Crippen LogP contribution in [0.2, 0.25) is 0 Å². The highest BCUT2D eigenvalue weighted by Crippen LogP contribution is 2.37. The lowest BCUT2D eigenvalue weighted by molar-refractivity contribution is 0.265. The molecule has 5 heteroatoms. The van der Waals surface area contributed by atoms with Crippen molar-refractivity contribution < 1.29 is 18.9 Å². The molecule has 0 fully saturated rings. The number of hydrogen-bond acceptors (Lipinski definition) is 4. The standard InChI is InChI=1S/C16H17BrO4/c1-18-13-8-7-11(9-12(13)17)10-21-16-14(19-2)5-4-6-15(16)20-3/h4-9H,10H2,1-3H3. The molecule has 4 nitrogen and oxygen atoms in total. The van der Waals surface area contributed by atoms with E-state index in [1.54, 1.807) is 21.3 Å². The average molecular weight is 353 g/mol. The van der Waals surface area contributed by atoms with Gasteiger partial charge >= 0.3 is 0 Å². The summed E-state index contributed by atoms with van der Waals surface area (Å²) in [5.74, 6) is 2.66. The molecule has 0 amide bonds. The summed E-state index contributed by atoms with van der Waals surface area (Å²) in [6, 6.07) is 11.3. The Bertz CT molecular complexity index is 591. The summed E-state index contributed by atoms with van der Waals surface area (Å²) in [7, 11) is 4.84. The van der Waals surface area contributed by atoms with E-state index >= 15 is 0 Å². The van der Waals surface area contributed by atoms with Crippen molar-refractivity contribution in [3.05, 3.63) is 46.4 Å². The number of halogens is 1. The lowest BCUT2D eigenvalue weighted by atomic mass is 10.2. The van der Waals surface area contributed by atoms with E-state index in [1.165, 1.54) is 0 Å². The Morgan fingerprint density at radius 1 is 0.857 bits per heavy atom. The summed E-state index contributed by atoms with van der Waals surface area (Å²) >= 11 is 3.46. The summed E-state index contributed by atoms with van der Waals surface area (Å²) in [5, 5.41) is 0. The molecule has 2 aromatic carbocycles. The van der Waals surface area contributed by atoms with Gasteiger partial charge in [-0.1, -0.05) is 12.1 Å². The van der Waals surface area contributed by atoms with Crippen LogP contribution in [0.4, 0.5) is 0 Å². The minimum atomic E-state index is 0.402. The first kappa shape index (κ1) is 15.5. The van der Waals surface area contributed by atoms with Crippen LogP contribution >= 0.6 is 15.9 Å². The average Bonchev–Trinajstić information content (AvgIpc) is 2.52. The summed E-state index contributed by atoms with van der Waals surface area (Å²) < 4.78 is 22.6. The largest absolute Gasteiger partial charge is 0.496 e. The van der Waals surface area contributed by atoms with Gasteiger partial charge in [0.15, 0.2) is 11.5 Å². The Balaban J connectivity index is 2.18. The van der Waals surface area contributed by atoms with Gasteiger partial charge in [-0.25, -0.2) is 0 Å². The highest BCUT2D eigenvalue weighted by Gasteiger charge is 2.11. The van der Waals surface area contributed by atoms with E-state index in [4.69, 9.17) is 18.9 Å². The molecule has 0 aliphatic carbocycles. The summed E-state index contributed by atoms with van der Waals surface area (Å²) in [6.07, 6.45) is 0. The predicted octanol–water partition coefficient (Wildman–Crippen LogP) is 4.05. The van der Waals surface area contributed by atoms with Crippen molar-refractivity contribution in [1.29, 1.82) is 0 Å². The molecule has 0 atom stereocenters. The number of benzene rings is 2. The third-order valence-electron chi connectivity index (χ3n) is 2.98. The van der Waals surface area contributed by atoms with Crippen molar-refractivity contribution in [2.75, 3.05) is 21.3 Å². The lowest BCUT2D eigenvalue weighted by Crippen LogP contribution is -2.00. The smallest absolute Gasteiger partial charge is 0.203 e. The van der Waals surface area contributed by atoms with Gasteiger partial charge < -0.3 is 18.9 Å². The molecule has 2 rings (SSSR count). The van der Waals surface area contributed by atoms with Gasteiger partial charge in [0.25, 0.3) is 0 Å². The zero-order valence-corrected chi connectivity index (χ0v) is 13.8. The molecular weight excluding hydrogens is 336 g/mol. The van der Waals surface area contributed by atoms with Gasteiger partial charge in [-0.05, 0) is 45.8 Å². The zero-order chi connectivity index (χ0) is 15.2. The van der Waals surface area contributed by atoms with Crippen LogP contribution < -0.4 is 18.9 Å². The molecule has 0 aliphatic heterocycles. The number of methoxy groups -OCH3 is 3. The van der Waals surface area contributed by atoms with Crippen molar-refractivity contribution >= 4 is 15.9 Å². The van der Waals surface area contributed by atoms with Crippen LogP contribution in [-0.4, -0.2) is 21.3 Å². The van der Waals surface area contributed by atoms with Gasteiger partial charge in [-0.2, -0.15) is 0 Å². The first-order valence-electron chi connectivity index (χ1n) is 6.35. The zero-order valence-electron chi connectivity index (χ0n) is 12.2. The minimum absolute atomic E-state index is 0.402. The molecule has 0 saturated carbocycles. The quantitative estimate of drug-likeness (QED) is 0.785. The highest BCUT2D eigenvalue weighted by molar-refractivity contribution is 9.10. The molecule has 2 aromatic rings. The molecule has 0 bridgehead atoms. The van der Waals surface area contributed by atoms with Crippen LogP contribution in [0.25, 0.3) is 0 Å². The van der Waals surface area contributed by atoms with Crippen LogP contribution in [0, 0.1) is 0 Å². The predicted molar refractivity (Wildman–Crippen MR) is 84.6 cm³/mol. The van der Waals surface area contributed by atoms with E-state index in [0.29, 0.717) is 23.9 Å². The maximum atomic E-state index is 5.85. The van der Waals surface area contributed by atoms with Crippen molar-refractivity contribution in [2.24, 2.45) is 0 Å². The molecule has 0 aromatic heterocycles. The third-order valence-corrected chi connectivity index (χ3v) is 3.60. The highest BCUT2D eigenvalue weighted by atomic mass is 79.9. The fourth-order valence-electron chi connectivity index (χ4n) is 1.91. The van der Waals surface area contributed by atoms with Crippen LogP contribution in [0.5, 0.6) is 23.0 Å². The van der Waals surface area contributed by atoms with Crippen molar-refractivity contribution in [3.63, 3.8) is 0 Å². The van der Waals surface area contributed by atoms with Gasteiger partial charge in [0.1, 0.15) is 12.4 Å².